The van der Waals surface area contributed by atoms with Crippen LogP contribution in [-0.2, 0) is 6.54 Å². The number of pyridine rings is 1. The van der Waals surface area contributed by atoms with E-state index in [1.54, 1.807) is 6.20 Å². The normalized spacial score (nSPS) is 15.7. The van der Waals surface area contributed by atoms with Gasteiger partial charge in [-0.25, -0.2) is 4.98 Å². The summed E-state index contributed by atoms with van der Waals surface area (Å²) in [4.78, 5) is 23.3. The van der Waals surface area contributed by atoms with Crippen LogP contribution in [0.1, 0.15) is 46.3 Å². The summed E-state index contributed by atoms with van der Waals surface area (Å²) in [7, 11) is 0. The van der Waals surface area contributed by atoms with E-state index in [1.807, 2.05) is 37.1 Å². The zero-order chi connectivity index (χ0) is 17.1. The molecule has 3 heterocycles. The number of aryl methyl sites for hydroxylation is 2. The maximum Gasteiger partial charge on any atom is 0.272 e. The van der Waals surface area contributed by atoms with Gasteiger partial charge in [0.2, 0.25) is 0 Å². The van der Waals surface area contributed by atoms with Crippen molar-refractivity contribution in [3.63, 3.8) is 0 Å². The number of carbonyl (C=O) groups is 1. The van der Waals surface area contributed by atoms with Gasteiger partial charge in [0.15, 0.2) is 0 Å². The van der Waals surface area contributed by atoms with Crippen LogP contribution in [0.4, 0.5) is 0 Å². The Kier molecular flexibility index (Phi) is 4.94. The molecular formula is C18H24N4O2. The highest BCUT2D eigenvalue weighted by Crippen LogP contribution is 2.28. The smallest absolute Gasteiger partial charge is 0.272 e. The lowest BCUT2D eigenvalue weighted by molar-refractivity contribution is 0.0703. The Labute approximate surface area is 142 Å². The third-order valence-corrected chi connectivity index (χ3v) is 4.77. The predicted octanol–water partition coefficient (Wildman–Crippen LogP) is 1.91. The number of likely N-dealkylation sites (tertiary alicyclic amines) is 1. The summed E-state index contributed by atoms with van der Waals surface area (Å²) in [6.45, 7) is 6.04. The van der Waals surface area contributed by atoms with E-state index in [-0.39, 0.29) is 12.5 Å². The molecule has 3 rings (SSSR count). The van der Waals surface area contributed by atoms with Crippen LogP contribution in [0.5, 0.6) is 0 Å². The Hall–Kier alpha value is -2.21. The van der Waals surface area contributed by atoms with Gasteiger partial charge in [0.05, 0.1) is 6.61 Å². The van der Waals surface area contributed by atoms with Gasteiger partial charge in [-0.3, -0.25) is 9.78 Å². The van der Waals surface area contributed by atoms with Crippen LogP contribution >= 0.6 is 0 Å². The maximum absolute atomic E-state index is 12.6. The molecule has 24 heavy (non-hydrogen) atoms. The highest BCUT2D eigenvalue weighted by molar-refractivity contribution is 5.93. The first-order chi connectivity index (χ1) is 11.6. The molecule has 1 amide bonds. The zero-order valence-electron chi connectivity index (χ0n) is 14.3. The Morgan fingerprint density at radius 1 is 1.29 bits per heavy atom. The molecule has 0 aliphatic carbocycles. The van der Waals surface area contributed by atoms with Gasteiger partial charge in [0, 0.05) is 43.6 Å². The van der Waals surface area contributed by atoms with E-state index in [0.29, 0.717) is 31.2 Å². The molecule has 2 aromatic rings. The molecule has 0 bridgehead atoms. The predicted molar refractivity (Wildman–Crippen MR) is 90.9 cm³/mol. The Balaban J connectivity index is 1.68. The van der Waals surface area contributed by atoms with Crippen LogP contribution in [0.15, 0.2) is 24.5 Å². The minimum Gasteiger partial charge on any atom is -0.395 e. The van der Waals surface area contributed by atoms with Gasteiger partial charge in [-0.15, -0.1) is 0 Å². The van der Waals surface area contributed by atoms with Crippen molar-refractivity contribution in [3.05, 3.63) is 47.3 Å². The SMILES string of the molecule is Cc1cccnc1C(=O)N1CCC(c2ncc(C)n2CCO)CC1. The van der Waals surface area contributed by atoms with Gasteiger partial charge in [0.25, 0.3) is 5.91 Å². The van der Waals surface area contributed by atoms with Gasteiger partial charge in [-0.05, 0) is 38.3 Å². The molecule has 6 heteroatoms. The second-order valence-corrected chi connectivity index (χ2v) is 6.37. The highest BCUT2D eigenvalue weighted by Gasteiger charge is 2.28. The summed E-state index contributed by atoms with van der Waals surface area (Å²) in [6.07, 6.45) is 5.31. The van der Waals surface area contributed by atoms with Crippen LogP contribution in [0.3, 0.4) is 0 Å². The summed E-state index contributed by atoms with van der Waals surface area (Å²) in [5.74, 6) is 1.38. The molecule has 0 spiro atoms. The number of piperidine rings is 1. The molecule has 2 aromatic heterocycles. The fraction of sp³-hybridized carbons (Fsp3) is 0.500. The molecule has 128 valence electrons. The van der Waals surface area contributed by atoms with Crippen molar-refractivity contribution in [2.75, 3.05) is 19.7 Å². The third kappa shape index (κ3) is 3.19. The maximum atomic E-state index is 12.6. The quantitative estimate of drug-likeness (QED) is 0.930. The first-order valence-corrected chi connectivity index (χ1v) is 8.45. The van der Waals surface area contributed by atoms with E-state index in [4.69, 9.17) is 0 Å². The molecule has 1 aliphatic heterocycles. The molecule has 1 fully saturated rings. The van der Waals surface area contributed by atoms with E-state index >= 15 is 0 Å². The number of aliphatic hydroxyl groups is 1. The summed E-state index contributed by atoms with van der Waals surface area (Å²) < 4.78 is 2.09. The second kappa shape index (κ2) is 7.13. The van der Waals surface area contributed by atoms with Gasteiger partial charge in [0.1, 0.15) is 11.5 Å². The fourth-order valence-electron chi connectivity index (χ4n) is 3.40. The number of hydrogen-bond acceptors (Lipinski definition) is 4. The Bertz CT molecular complexity index is 718. The number of aromatic nitrogens is 3. The van der Waals surface area contributed by atoms with E-state index in [1.165, 1.54) is 0 Å². The van der Waals surface area contributed by atoms with Crippen molar-refractivity contribution in [1.29, 1.82) is 0 Å². The van der Waals surface area contributed by atoms with Gasteiger partial charge in [-0.2, -0.15) is 0 Å². The van der Waals surface area contributed by atoms with Crippen LogP contribution in [-0.4, -0.2) is 50.1 Å². The lowest BCUT2D eigenvalue weighted by atomic mass is 9.95. The molecule has 1 saturated heterocycles. The van der Waals surface area contributed by atoms with Crippen molar-refractivity contribution in [3.8, 4) is 0 Å². The van der Waals surface area contributed by atoms with E-state index in [9.17, 15) is 9.90 Å². The second-order valence-electron chi connectivity index (χ2n) is 6.37. The first-order valence-electron chi connectivity index (χ1n) is 8.45. The van der Waals surface area contributed by atoms with Crippen molar-refractivity contribution < 1.29 is 9.90 Å². The molecule has 6 nitrogen and oxygen atoms in total. The molecule has 0 saturated carbocycles. The molecule has 0 unspecified atom stereocenters. The largest absolute Gasteiger partial charge is 0.395 e. The van der Waals surface area contributed by atoms with E-state index < -0.39 is 0 Å². The average Bonchev–Trinajstić information content (AvgIpc) is 2.96. The molecule has 1 N–H and O–H groups in total. The minimum absolute atomic E-state index is 0.0152. The number of nitrogens with zero attached hydrogens (tertiary/aromatic N) is 4. The molecular weight excluding hydrogens is 304 g/mol. The summed E-state index contributed by atoms with van der Waals surface area (Å²) in [6, 6.07) is 3.77. The van der Waals surface area contributed by atoms with Crippen molar-refractivity contribution in [2.45, 2.75) is 39.2 Å². The van der Waals surface area contributed by atoms with Crippen molar-refractivity contribution in [2.24, 2.45) is 0 Å². The summed E-state index contributed by atoms with van der Waals surface area (Å²) in [5.41, 5.74) is 2.54. The summed E-state index contributed by atoms with van der Waals surface area (Å²) >= 11 is 0. The van der Waals surface area contributed by atoms with Crippen LogP contribution < -0.4 is 0 Å². The highest BCUT2D eigenvalue weighted by atomic mass is 16.3. The van der Waals surface area contributed by atoms with Gasteiger partial charge < -0.3 is 14.6 Å². The molecule has 0 aromatic carbocycles. The monoisotopic (exact) mass is 328 g/mol. The van der Waals surface area contributed by atoms with Crippen molar-refractivity contribution in [1.82, 2.24) is 19.4 Å². The molecule has 0 atom stereocenters. The Morgan fingerprint density at radius 2 is 2.04 bits per heavy atom. The van der Waals surface area contributed by atoms with E-state index in [0.717, 1.165) is 29.9 Å². The van der Waals surface area contributed by atoms with E-state index in [2.05, 4.69) is 14.5 Å². The lowest BCUT2D eigenvalue weighted by Gasteiger charge is -2.32. The number of hydrogen-bond donors (Lipinski definition) is 1. The van der Waals surface area contributed by atoms with Gasteiger partial charge in [-0.1, -0.05) is 6.07 Å². The number of carbonyl (C=O) groups excluding carboxylic acids is 1. The van der Waals surface area contributed by atoms with Crippen LogP contribution in [0.2, 0.25) is 0 Å². The number of amides is 1. The fourth-order valence-corrected chi connectivity index (χ4v) is 3.40. The van der Waals surface area contributed by atoms with Crippen molar-refractivity contribution >= 4 is 5.91 Å². The summed E-state index contributed by atoms with van der Waals surface area (Å²) in [5, 5.41) is 9.24. The number of rotatable bonds is 4. The topological polar surface area (TPSA) is 71.2 Å². The Morgan fingerprint density at radius 3 is 2.71 bits per heavy atom. The standard InChI is InChI=1S/C18H24N4O2/c1-13-4-3-7-19-16(13)18(24)21-8-5-15(6-9-21)17-20-12-14(2)22(17)10-11-23/h3-4,7,12,15,23H,5-6,8-11H2,1-2H3. The third-order valence-electron chi connectivity index (χ3n) is 4.77. The number of aliphatic hydroxyl groups excluding tert-OH is 1. The minimum atomic E-state index is 0.0152. The molecule has 0 radical (unpaired) electrons. The molecule has 1 aliphatic rings. The average molecular weight is 328 g/mol. The lowest BCUT2D eigenvalue weighted by Crippen LogP contribution is -2.39. The van der Waals surface area contributed by atoms with Gasteiger partial charge >= 0.3 is 0 Å². The zero-order valence-corrected chi connectivity index (χ0v) is 14.3. The number of imidazole rings is 1. The van der Waals surface area contributed by atoms with Crippen LogP contribution in [0, 0.1) is 13.8 Å². The van der Waals surface area contributed by atoms with Crippen LogP contribution in [0.25, 0.3) is 0 Å². The first kappa shape index (κ1) is 16.6.